The average Bonchev–Trinajstić information content (AvgIpc) is 3.41. The fourth-order valence-corrected chi connectivity index (χ4v) is 4.27. The van der Waals surface area contributed by atoms with Gasteiger partial charge < -0.3 is 15.5 Å². The van der Waals surface area contributed by atoms with Crippen LogP contribution in [0.4, 0.5) is 10.1 Å². The summed E-state index contributed by atoms with van der Waals surface area (Å²) in [5, 5.41) is 6.18. The molecule has 1 amide bonds. The monoisotopic (exact) mass is 452 g/mol. The van der Waals surface area contributed by atoms with E-state index in [0.717, 1.165) is 61.4 Å². The first kappa shape index (κ1) is 21.8. The van der Waals surface area contributed by atoms with Gasteiger partial charge in [0, 0.05) is 49.9 Å². The van der Waals surface area contributed by atoms with Crippen molar-refractivity contribution in [3.63, 3.8) is 0 Å². The zero-order valence-electron chi connectivity index (χ0n) is 18.7. The Morgan fingerprint density at radius 2 is 2.09 bits per heavy atom. The van der Waals surface area contributed by atoms with E-state index in [1.165, 1.54) is 0 Å². The number of amides is 1. The second kappa shape index (κ2) is 9.07. The van der Waals surface area contributed by atoms with Crippen molar-refractivity contribution in [1.29, 1.82) is 0 Å². The SMILES string of the molecule is CC1(C2N=C(C(=O)NCc3ccc(-c4ccncc4N4CCNCC4)cc3CF)NO2)CC1. The number of hydroxylamine groups is 1. The summed E-state index contributed by atoms with van der Waals surface area (Å²) in [6.45, 7) is 5.34. The summed E-state index contributed by atoms with van der Waals surface area (Å²) >= 11 is 0. The minimum atomic E-state index is -0.615. The molecule has 2 aromatic rings. The minimum Gasteiger partial charge on any atom is -0.367 e. The van der Waals surface area contributed by atoms with Gasteiger partial charge >= 0.3 is 0 Å². The Hall–Kier alpha value is -3.04. The van der Waals surface area contributed by atoms with E-state index in [-0.39, 0.29) is 29.9 Å². The molecule has 1 saturated carbocycles. The maximum Gasteiger partial charge on any atom is 0.288 e. The van der Waals surface area contributed by atoms with E-state index in [0.29, 0.717) is 5.56 Å². The van der Waals surface area contributed by atoms with Crippen molar-refractivity contribution in [2.45, 2.75) is 39.2 Å². The van der Waals surface area contributed by atoms with Crippen LogP contribution in [0.25, 0.3) is 11.1 Å². The first-order valence-corrected chi connectivity index (χ1v) is 11.4. The predicted molar refractivity (Wildman–Crippen MR) is 124 cm³/mol. The summed E-state index contributed by atoms with van der Waals surface area (Å²) in [5.41, 5.74) is 6.95. The van der Waals surface area contributed by atoms with E-state index < -0.39 is 6.67 Å². The zero-order chi connectivity index (χ0) is 22.8. The molecule has 1 saturated heterocycles. The summed E-state index contributed by atoms with van der Waals surface area (Å²) in [4.78, 5) is 28.9. The van der Waals surface area contributed by atoms with Gasteiger partial charge in [0.25, 0.3) is 5.91 Å². The molecule has 0 bridgehead atoms. The number of carbonyl (C=O) groups excluding carboxylic acids is 1. The molecule has 0 spiro atoms. The van der Waals surface area contributed by atoms with Crippen molar-refractivity contribution in [2.75, 3.05) is 31.1 Å². The highest BCUT2D eigenvalue weighted by Crippen LogP contribution is 2.50. The van der Waals surface area contributed by atoms with Gasteiger partial charge in [0.1, 0.15) is 6.67 Å². The number of nitrogens with one attached hydrogen (secondary N) is 3. The number of alkyl halides is 1. The highest BCUT2D eigenvalue weighted by Gasteiger charge is 2.48. The number of carbonyl (C=O) groups is 1. The van der Waals surface area contributed by atoms with E-state index in [2.05, 4.69) is 37.9 Å². The number of halogens is 1. The smallest absolute Gasteiger partial charge is 0.288 e. The number of rotatable bonds is 7. The number of aromatic nitrogens is 1. The molecule has 3 N–H and O–H groups in total. The van der Waals surface area contributed by atoms with Crippen LogP contribution in [0, 0.1) is 5.41 Å². The van der Waals surface area contributed by atoms with E-state index >= 15 is 0 Å². The molecule has 8 nitrogen and oxygen atoms in total. The van der Waals surface area contributed by atoms with Gasteiger partial charge in [0.05, 0.1) is 11.9 Å². The lowest BCUT2D eigenvalue weighted by molar-refractivity contribution is -0.115. The molecule has 9 heteroatoms. The number of hydrogen-bond acceptors (Lipinski definition) is 7. The number of benzene rings is 1. The van der Waals surface area contributed by atoms with Crippen molar-refractivity contribution in [1.82, 2.24) is 21.1 Å². The summed E-state index contributed by atoms with van der Waals surface area (Å²) in [5.74, 6) is -0.185. The molecule has 1 aliphatic carbocycles. The van der Waals surface area contributed by atoms with Crippen molar-refractivity contribution < 1.29 is 14.0 Å². The summed E-state index contributed by atoms with van der Waals surface area (Å²) in [7, 11) is 0. The molecule has 1 atom stereocenters. The average molecular weight is 453 g/mol. The van der Waals surface area contributed by atoms with Crippen molar-refractivity contribution in [3.8, 4) is 11.1 Å². The molecular weight excluding hydrogens is 423 g/mol. The van der Waals surface area contributed by atoms with Gasteiger partial charge in [-0.15, -0.1) is 0 Å². The summed E-state index contributed by atoms with van der Waals surface area (Å²) < 4.78 is 14.0. The van der Waals surface area contributed by atoms with E-state index in [1.807, 2.05) is 30.5 Å². The lowest BCUT2D eigenvalue weighted by Gasteiger charge is -2.31. The largest absolute Gasteiger partial charge is 0.367 e. The van der Waals surface area contributed by atoms with Crippen LogP contribution < -0.4 is 21.0 Å². The molecule has 2 fully saturated rings. The molecule has 5 rings (SSSR count). The number of piperazine rings is 1. The van der Waals surface area contributed by atoms with Crippen LogP contribution in [0.15, 0.2) is 41.7 Å². The Morgan fingerprint density at radius 3 is 2.85 bits per heavy atom. The summed E-state index contributed by atoms with van der Waals surface area (Å²) in [6, 6.07) is 7.68. The fourth-order valence-electron chi connectivity index (χ4n) is 4.27. The minimum absolute atomic E-state index is 0.0166. The number of nitrogens with zero attached hydrogens (tertiary/aromatic N) is 3. The van der Waals surface area contributed by atoms with Crippen LogP contribution in [0.5, 0.6) is 0 Å². The molecule has 3 aliphatic rings. The first-order chi connectivity index (χ1) is 16.1. The molecular formula is C24H29FN6O2. The highest BCUT2D eigenvalue weighted by molar-refractivity contribution is 6.37. The Labute approximate surface area is 192 Å². The third kappa shape index (κ3) is 4.56. The van der Waals surface area contributed by atoms with Gasteiger partial charge in [-0.3, -0.25) is 9.78 Å². The number of amidine groups is 1. The van der Waals surface area contributed by atoms with Gasteiger partial charge in [-0.2, -0.15) is 0 Å². The molecule has 1 unspecified atom stereocenters. The Bertz CT molecular complexity index is 1060. The van der Waals surface area contributed by atoms with Crippen LogP contribution in [-0.2, 0) is 22.9 Å². The van der Waals surface area contributed by atoms with Gasteiger partial charge in [-0.05, 0) is 41.7 Å². The lowest BCUT2D eigenvalue weighted by atomic mass is 9.98. The Morgan fingerprint density at radius 1 is 1.27 bits per heavy atom. The number of aliphatic imine (C=N–C) groups is 1. The molecule has 2 aliphatic heterocycles. The third-order valence-electron chi connectivity index (χ3n) is 6.72. The second-order valence-electron chi connectivity index (χ2n) is 9.13. The highest BCUT2D eigenvalue weighted by atomic mass is 19.1. The van der Waals surface area contributed by atoms with Gasteiger partial charge in [0.2, 0.25) is 5.84 Å². The molecule has 174 valence electrons. The standard InChI is InChI=1S/C24H29FN6O2/c1-24(5-6-24)23-29-21(30-33-23)22(32)28-14-17-3-2-16(12-18(17)13-25)19-4-7-27-15-20(19)31-10-8-26-9-11-31/h2-4,7,12,15,23,26H,5-6,8-11,13-14H2,1H3,(H,28,32)(H,29,30). The maximum atomic E-state index is 14.0. The van der Waals surface area contributed by atoms with E-state index in [1.54, 1.807) is 6.20 Å². The quantitative estimate of drug-likeness (QED) is 0.597. The first-order valence-electron chi connectivity index (χ1n) is 11.4. The Balaban J connectivity index is 1.30. The zero-order valence-corrected chi connectivity index (χ0v) is 18.7. The lowest BCUT2D eigenvalue weighted by Crippen LogP contribution is -2.43. The van der Waals surface area contributed by atoms with Gasteiger partial charge in [0.15, 0.2) is 6.23 Å². The van der Waals surface area contributed by atoms with Gasteiger partial charge in [-0.1, -0.05) is 19.1 Å². The molecule has 33 heavy (non-hydrogen) atoms. The van der Waals surface area contributed by atoms with Crippen molar-refractivity contribution >= 4 is 17.4 Å². The van der Waals surface area contributed by atoms with Crippen LogP contribution in [-0.4, -0.2) is 49.1 Å². The third-order valence-corrected chi connectivity index (χ3v) is 6.72. The maximum absolute atomic E-state index is 14.0. The molecule has 1 aromatic heterocycles. The van der Waals surface area contributed by atoms with E-state index in [4.69, 9.17) is 4.84 Å². The number of hydrogen-bond donors (Lipinski definition) is 3. The van der Waals surface area contributed by atoms with E-state index in [9.17, 15) is 9.18 Å². The topological polar surface area (TPSA) is 90.9 Å². The number of pyridine rings is 1. The fraction of sp³-hybridized carbons (Fsp3) is 0.458. The number of anilines is 1. The summed E-state index contributed by atoms with van der Waals surface area (Å²) in [6.07, 6.45) is 5.38. The van der Waals surface area contributed by atoms with Crippen LogP contribution in [0.3, 0.4) is 0 Å². The van der Waals surface area contributed by atoms with Crippen LogP contribution in [0.2, 0.25) is 0 Å². The second-order valence-corrected chi connectivity index (χ2v) is 9.13. The Kier molecular flexibility index (Phi) is 5.99. The predicted octanol–water partition coefficient (Wildman–Crippen LogP) is 2.30. The molecule has 3 heterocycles. The van der Waals surface area contributed by atoms with Crippen LogP contribution >= 0.6 is 0 Å². The molecule has 0 radical (unpaired) electrons. The normalized spacial score (nSPS) is 21.3. The van der Waals surface area contributed by atoms with Crippen LogP contribution in [0.1, 0.15) is 30.9 Å². The molecule has 1 aromatic carbocycles. The van der Waals surface area contributed by atoms with Gasteiger partial charge in [-0.25, -0.2) is 19.7 Å². The van der Waals surface area contributed by atoms with Crippen molar-refractivity contribution in [2.24, 2.45) is 10.4 Å². The van der Waals surface area contributed by atoms with Crippen molar-refractivity contribution in [3.05, 3.63) is 47.8 Å².